The lowest BCUT2D eigenvalue weighted by Gasteiger charge is -2.44. The van der Waals surface area contributed by atoms with Crippen LogP contribution in [0.1, 0.15) is 51.5 Å². The Hall–Kier alpha value is -2.08. The van der Waals surface area contributed by atoms with Gasteiger partial charge in [-0.1, -0.05) is 26.0 Å². The molecule has 1 aliphatic carbocycles. The molecule has 3 fully saturated rings. The van der Waals surface area contributed by atoms with Crippen LogP contribution in [0.3, 0.4) is 0 Å². The van der Waals surface area contributed by atoms with E-state index in [0.29, 0.717) is 19.0 Å². The first-order valence-corrected chi connectivity index (χ1v) is 11.1. The molecule has 3 atom stereocenters. The topological polar surface area (TPSA) is 70.7 Å². The second-order valence-electron chi connectivity index (χ2n) is 8.98. The van der Waals surface area contributed by atoms with Gasteiger partial charge >= 0.3 is 6.03 Å². The van der Waals surface area contributed by atoms with Crippen LogP contribution < -0.4 is 10.6 Å². The Morgan fingerprint density at radius 2 is 2.07 bits per heavy atom. The minimum atomic E-state index is -0.339. The number of aryl methyl sites for hydroxylation is 1. The van der Waals surface area contributed by atoms with Crippen molar-refractivity contribution >= 4 is 17.6 Å². The third-order valence-electron chi connectivity index (χ3n) is 6.83. The summed E-state index contributed by atoms with van der Waals surface area (Å²) in [6, 6.07) is 7.94. The molecule has 29 heavy (non-hydrogen) atoms. The Labute approximate surface area is 173 Å². The number of hydrogen-bond donors (Lipinski definition) is 2. The number of rotatable bonds is 5. The number of amides is 3. The Balaban J connectivity index is 1.30. The van der Waals surface area contributed by atoms with Crippen LogP contribution in [0.15, 0.2) is 24.3 Å². The molecule has 1 aromatic carbocycles. The number of likely N-dealkylation sites (tertiary alicyclic amines) is 1. The molecule has 3 aliphatic rings. The monoisotopic (exact) mass is 399 g/mol. The highest BCUT2D eigenvalue weighted by Gasteiger charge is 2.49. The lowest BCUT2D eigenvalue weighted by atomic mass is 9.80. The van der Waals surface area contributed by atoms with E-state index in [9.17, 15) is 9.59 Å². The highest BCUT2D eigenvalue weighted by molar-refractivity contribution is 5.89. The number of nitrogens with zero attached hydrogens (tertiary/aromatic N) is 1. The Kier molecular flexibility index (Phi) is 5.81. The largest absolute Gasteiger partial charge is 0.362 e. The molecule has 1 spiro atoms. The number of carbonyl (C=O) groups excluding carboxylic acids is 2. The van der Waals surface area contributed by atoms with Crippen molar-refractivity contribution in [3.05, 3.63) is 29.8 Å². The maximum atomic E-state index is 12.8. The van der Waals surface area contributed by atoms with Gasteiger partial charge in [-0.25, -0.2) is 4.79 Å². The van der Waals surface area contributed by atoms with Crippen molar-refractivity contribution < 1.29 is 14.3 Å². The van der Waals surface area contributed by atoms with E-state index in [1.54, 1.807) is 0 Å². The summed E-state index contributed by atoms with van der Waals surface area (Å²) in [6.45, 7) is 6.33. The highest BCUT2D eigenvalue weighted by Crippen LogP contribution is 2.42. The van der Waals surface area contributed by atoms with E-state index >= 15 is 0 Å². The van der Waals surface area contributed by atoms with Gasteiger partial charge in [-0.05, 0) is 62.1 Å². The molecule has 1 saturated carbocycles. The quantitative estimate of drug-likeness (QED) is 0.795. The summed E-state index contributed by atoms with van der Waals surface area (Å²) in [5.41, 5.74) is 1.77. The van der Waals surface area contributed by atoms with Gasteiger partial charge in [0.2, 0.25) is 5.91 Å². The van der Waals surface area contributed by atoms with E-state index in [-0.39, 0.29) is 29.6 Å². The molecule has 0 unspecified atom stereocenters. The van der Waals surface area contributed by atoms with Gasteiger partial charge in [0, 0.05) is 31.2 Å². The van der Waals surface area contributed by atoms with E-state index in [4.69, 9.17) is 4.74 Å². The van der Waals surface area contributed by atoms with Crippen molar-refractivity contribution in [2.24, 2.45) is 11.8 Å². The average Bonchev–Trinajstić information content (AvgIpc) is 3.46. The fourth-order valence-corrected chi connectivity index (χ4v) is 4.60. The molecule has 2 saturated heterocycles. The van der Waals surface area contributed by atoms with Gasteiger partial charge in [0.05, 0.1) is 5.60 Å². The van der Waals surface area contributed by atoms with Gasteiger partial charge in [0.25, 0.3) is 0 Å². The number of carbonyl (C=O) groups is 2. The number of urea groups is 1. The summed E-state index contributed by atoms with van der Waals surface area (Å²) in [5.74, 6) is 0.912. The van der Waals surface area contributed by atoms with Crippen molar-refractivity contribution in [2.75, 3.05) is 25.0 Å². The molecule has 6 heteroatoms. The van der Waals surface area contributed by atoms with Gasteiger partial charge in [-0.3, -0.25) is 4.79 Å². The van der Waals surface area contributed by atoms with Crippen LogP contribution in [0.25, 0.3) is 0 Å². The first-order valence-electron chi connectivity index (χ1n) is 11.1. The summed E-state index contributed by atoms with van der Waals surface area (Å²) >= 11 is 0. The van der Waals surface area contributed by atoms with Crippen LogP contribution in [0.2, 0.25) is 0 Å². The summed E-state index contributed by atoms with van der Waals surface area (Å²) in [4.78, 5) is 27.1. The summed E-state index contributed by atoms with van der Waals surface area (Å²) in [7, 11) is 0. The van der Waals surface area contributed by atoms with Crippen LogP contribution in [-0.4, -0.2) is 48.2 Å². The van der Waals surface area contributed by atoms with Gasteiger partial charge in [-0.2, -0.15) is 0 Å². The second kappa shape index (κ2) is 8.34. The number of ether oxygens (including phenoxy) is 1. The average molecular weight is 400 g/mol. The van der Waals surface area contributed by atoms with Crippen LogP contribution >= 0.6 is 0 Å². The molecule has 4 rings (SSSR count). The molecule has 6 nitrogen and oxygen atoms in total. The van der Waals surface area contributed by atoms with Gasteiger partial charge in [0.15, 0.2) is 0 Å². The number of anilines is 1. The van der Waals surface area contributed by atoms with Crippen LogP contribution in [0.4, 0.5) is 10.5 Å². The maximum Gasteiger partial charge on any atom is 0.321 e. The van der Waals surface area contributed by atoms with Crippen LogP contribution in [-0.2, 0) is 16.0 Å². The first-order chi connectivity index (χ1) is 14.0. The molecule has 1 aromatic rings. The van der Waals surface area contributed by atoms with E-state index in [1.807, 2.05) is 23.1 Å². The molecule has 0 aromatic heterocycles. The van der Waals surface area contributed by atoms with Gasteiger partial charge < -0.3 is 20.3 Å². The minimum absolute atomic E-state index is 0.0388. The number of benzene rings is 1. The third-order valence-corrected chi connectivity index (χ3v) is 6.83. The smallest absolute Gasteiger partial charge is 0.321 e. The van der Waals surface area contributed by atoms with Gasteiger partial charge in [-0.15, -0.1) is 0 Å². The molecule has 158 valence electrons. The summed E-state index contributed by atoms with van der Waals surface area (Å²) < 4.78 is 6.32. The zero-order valence-electron chi connectivity index (χ0n) is 17.6. The summed E-state index contributed by atoms with van der Waals surface area (Å²) in [6.07, 6.45) is 5.51. The predicted molar refractivity (Wildman–Crippen MR) is 113 cm³/mol. The van der Waals surface area contributed by atoms with E-state index in [2.05, 4.69) is 30.5 Å². The first kappa shape index (κ1) is 20.2. The molecule has 0 bridgehead atoms. The normalized spacial score (nSPS) is 29.1. The van der Waals surface area contributed by atoms with Crippen molar-refractivity contribution in [1.82, 2.24) is 10.2 Å². The second-order valence-corrected chi connectivity index (χ2v) is 8.98. The third kappa shape index (κ3) is 4.58. The van der Waals surface area contributed by atoms with Crippen molar-refractivity contribution in [1.29, 1.82) is 0 Å². The zero-order valence-corrected chi connectivity index (χ0v) is 17.6. The maximum absolute atomic E-state index is 12.8. The summed E-state index contributed by atoms with van der Waals surface area (Å²) in [5, 5.41) is 6.08. The highest BCUT2D eigenvalue weighted by atomic mass is 16.5. The van der Waals surface area contributed by atoms with Crippen LogP contribution in [0, 0.1) is 11.8 Å². The fourth-order valence-electron chi connectivity index (χ4n) is 4.60. The van der Waals surface area contributed by atoms with Crippen molar-refractivity contribution in [2.45, 2.75) is 64.1 Å². The Morgan fingerprint density at radius 3 is 2.79 bits per heavy atom. The SMILES string of the molecule is CCc1cccc(NC(=O)N2CC[C@]3(CC[C@H](C(=O)NCC4CC4)O3)[C@H](C)C2)c1. The molecule has 2 N–H and O–H groups in total. The van der Waals surface area contributed by atoms with E-state index < -0.39 is 0 Å². The lowest BCUT2D eigenvalue weighted by molar-refractivity contribution is -0.146. The van der Waals surface area contributed by atoms with E-state index in [0.717, 1.165) is 37.9 Å². The fraction of sp³-hybridized carbons (Fsp3) is 0.652. The number of hydrogen-bond acceptors (Lipinski definition) is 3. The number of piperidine rings is 1. The number of nitrogens with one attached hydrogen (secondary N) is 2. The van der Waals surface area contributed by atoms with E-state index in [1.165, 1.54) is 18.4 Å². The predicted octanol–water partition coefficient (Wildman–Crippen LogP) is 3.57. The molecule has 2 aliphatic heterocycles. The standard InChI is InChI=1S/C23H33N3O3/c1-3-17-5-4-6-19(13-17)25-22(28)26-12-11-23(16(2)15-26)10-9-20(29-23)21(27)24-14-18-7-8-18/h4-6,13,16,18,20H,3,7-12,14-15H2,1-2H3,(H,24,27)(H,25,28)/t16-,20-,23-/m1/s1. The molecular formula is C23H33N3O3. The molecule has 2 heterocycles. The molecule has 3 amide bonds. The molecule has 0 radical (unpaired) electrons. The minimum Gasteiger partial charge on any atom is -0.362 e. The van der Waals surface area contributed by atoms with Gasteiger partial charge in [0.1, 0.15) is 6.10 Å². The van der Waals surface area contributed by atoms with Crippen molar-refractivity contribution in [3.8, 4) is 0 Å². The zero-order chi connectivity index (χ0) is 20.4. The Morgan fingerprint density at radius 1 is 1.24 bits per heavy atom. The van der Waals surface area contributed by atoms with Crippen molar-refractivity contribution in [3.63, 3.8) is 0 Å². The Bertz CT molecular complexity index is 763. The molecular weight excluding hydrogens is 366 g/mol. The lowest BCUT2D eigenvalue weighted by Crippen LogP contribution is -2.54. The van der Waals surface area contributed by atoms with Crippen LogP contribution in [0.5, 0.6) is 0 Å².